The molecule has 0 heterocycles. The molecule has 0 aliphatic rings. The minimum atomic E-state index is -1.64. The van der Waals surface area contributed by atoms with Crippen LogP contribution in [0.3, 0.4) is 0 Å². The molecule has 0 rings (SSSR count). The standard InChI is InChI=1S/C14H29BrOSi/c1-7-8-9-10-13(11-12-15)16-17(5,6)14(2,3)4/h11-13H,7-10H2,1-6H3/b12-11-. The molecule has 0 N–H and O–H groups in total. The van der Waals surface area contributed by atoms with Crippen LogP contribution in [-0.4, -0.2) is 14.4 Å². The Morgan fingerprint density at radius 3 is 2.24 bits per heavy atom. The summed E-state index contributed by atoms with van der Waals surface area (Å²) in [6.45, 7) is 13.8. The minimum Gasteiger partial charge on any atom is -0.411 e. The van der Waals surface area contributed by atoms with Gasteiger partial charge in [-0.3, -0.25) is 0 Å². The van der Waals surface area contributed by atoms with Gasteiger partial charge in [0.05, 0.1) is 6.10 Å². The van der Waals surface area contributed by atoms with Crippen molar-refractivity contribution >= 4 is 24.2 Å². The van der Waals surface area contributed by atoms with E-state index in [-0.39, 0.29) is 11.1 Å². The fraction of sp³-hybridized carbons (Fsp3) is 0.857. The summed E-state index contributed by atoms with van der Waals surface area (Å²) in [4.78, 5) is 1.94. The average molecular weight is 321 g/mol. The molecular formula is C14H29BrOSi. The van der Waals surface area contributed by atoms with Crippen molar-refractivity contribution < 1.29 is 4.43 Å². The van der Waals surface area contributed by atoms with Crippen LogP contribution < -0.4 is 0 Å². The summed E-state index contributed by atoms with van der Waals surface area (Å²) in [7, 11) is -1.64. The summed E-state index contributed by atoms with van der Waals surface area (Å²) in [6, 6.07) is 0. The van der Waals surface area contributed by atoms with Gasteiger partial charge in [-0.05, 0) is 29.5 Å². The molecule has 0 aromatic rings. The van der Waals surface area contributed by atoms with Gasteiger partial charge in [0.1, 0.15) is 0 Å². The molecule has 0 saturated heterocycles. The van der Waals surface area contributed by atoms with E-state index < -0.39 is 8.32 Å². The Labute approximate surface area is 117 Å². The Hall–Kier alpha value is 0.397. The first kappa shape index (κ1) is 17.4. The molecule has 0 aromatic heterocycles. The first-order valence-electron chi connectivity index (χ1n) is 6.69. The Morgan fingerprint density at radius 2 is 1.82 bits per heavy atom. The van der Waals surface area contributed by atoms with Gasteiger partial charge in [-0.2, -0.15) is 0 Å². The van der Waals surface area contributed by atoms with Gasteiger partial charge in [-0.15, -0.1) is 0 Å². The van der Waals surface area contributed by atoms with Crippen LogP contribution in [0.25, 0.3) is 0 Å². The highest BCUT2D eigenvalue weighted by Gasteiger charge is 2.38. The molecule has 0 aliphatic carbocycles. The van der Waals surface area contributed by atoms with Gasteiger partial charge in [0.25, 0.3) is 0 Å². The maximum atomic E-state index is 6.41. The van der Waals surface area contributed by atoms with E-state index in [1.807, 2.05) is 4.99 Å². The van der Waals surface area contributed by atoms with Crippen LogP contribution in [0, 0.1) is 0 Å². The summed E-state index contributed by atoms with van der Waals surface area (Å²) in [5, 5.41) is 0.288. The van der Waals surface area contributed by atoms with E-state index in [2.05, 4.69) is 62.8 Å². The van der Waals surface area contributed by atoms with Crippen molar-refractivity contribution in [3.05, 3.63) is 11.1 Å². The van der Waals surface area contributed by atoms with Gasteiger partial charge < -0.3 is 4.43 Å². The number of unbranched alkanes of at least 4 members (excludes halogenated alkanes) is 2. The molecule has 1 unspecified atom stereocenters. The maximum absolute atomic E-state index is 6.41. The van der Waals surface area contributed by atoms with E-state index in [4.69, 9.17) is 4.43 Å². The van der Waals surface area contributed by atoms with Crippen LogP contribution in [0.15, 0.2) is 11.1 Å². The van der Waals surface area contributed by atoms with E-state index in [0.29, 0.717) is 0 Å². The Morgan fingerprint density at radius 1 is 1.24 bits per heavy atom. The summed E-state index contributed by atoms with van der Waals surface area (Å²) >= 11 is 3.37. The fourth-order valence-electron chi connectivity index (χ4n) is 1.43. The van der Waals surface area contributed by atoms with Gasteiger partial charge in [-0.1, -0.05) is 69.0 Å². The molecule has 0 bridgehead atoms. The average Bonchev–Trinajstić information content (AvgIpc) is 2.16. The summed E-state index contributed by atoms with van der Waals surface area (Å²) in [5.41, 5.74) is 0. The number of hydrogen-bond acceptors (Lipinski definition) is 1. The third-order valence-electron chi connectivity index (χ3n) is 3.63. The van der Waals surface area contributed by atoms with Crippen molar-refractivity contribution in [2.24, 2.45) is 0 Å². The molecule has 0 saturated carbocycles. The second kappa shape index (κ2) is 7.75. The van der Waals surface area contributed by atoms with Gasteiger partial charge in [0.2, 0.25) is 0 Å². The molecule has 0 radical (unpaired) electrons. The third-order valence-corrected chi connectivity index (χ3v) is 8.44. The number of rotatable bonds is 7. The SMILES string of the molecule is CCCCCC(/C=C\Br)O[Si](C)(C)C(C)(C)C. The molecule has 3 heteroatoms. The number of hydrogen-bond donors (Lipinski definition) is 0. The zero-order valence-electron chi connectivity index (χ0n) is 12.3. The molecule has 17 heavy (non-hydrogen) atoms. The quantitative estimate of drug-likeness (QED) is 0.421. The lowest BCUT2D eigenvalue weighted by molar-refractivity contribution is 0.211. The lowest BCUT2D eigenvalue weighted by Crippen LogP contribution is -2.43. The van der Waals surface area contributed by atoms with Crippen molar-refractivity contribution in [3.8, 4) is 0 Å². The largest absolute Gasteiger partial charge is 0.411 e. The van der Waals surface area contributed by atoms with Crippen LogP contribution in [-0.2, 0) is 4.43 Å². The highest BCUT2D eigenvalue weighted by Crippen LogP contribution is 2.37. The second-order valence-electron chi connectivity index (χ2n) is 6.23. The Bertz CT molecular complexity index is 231. The van der Waals surface area contributed by atoms with Gasteiger partial charge in [-0.25, -0.2) is 0 Å². The summed E-state index contributed by atoms with van der Waals surface area (Å²) in [6.07, 6.45) is 7.39. The highest BCUT2D eigenvalue weighted by atomic mass is 79.9. The first-order chi connectivity index (χ1) is 7.74. The lowest BCUT2D eigenvalue weighted by Gasteiger charge is -2.38. The monoisotopic (exact) mass is 320 g/mol. The predicted octanol–water partition coefficient (Wildman–Crippen LogP) is 5.87. The second-order valence-corrected chi connectivity index (χ2v) is 11.5. The molecule has 0 aromatic carbocycles. The molecule has 1 atom stereocenters. The van der Waals surface area contributed by atoms with Crippen LogP contribution in [0.5, 0.6) is 0 Å². The minimum absolute atomic E-state index is 0.279. The molecule has 0 fully saturated rings. The maximum Gasteiger partial charge on any atom is 0.192 e. The highest BCUT2D eigenvalue weighted by molar-refractivity contribution is 9.11. The van der Waals surface area contributed by atoms with Crippen LogP contribution in [0.4, 0.5) is 0 Å². The first-order valence-corrected chi connectivity index (χ1v) is 10.5. The molecule has 0 spiro atoms. The van der Waals surface area contributed by atoms with Crippen molar-refractivity contribution in [2.45, 2.75) is 77.6 Å². The van der Waals surface area contributed by atoms with Crippen LogP contribution in [0.1, 0.15) is 53.4 Å². The molecule has 0 aliphatic heterocycles. The molecular weight excluding hydrogens is 292 g/mol. The molecule has 1 nitrogen and oxygen atoms in total. The van der Waals surface area contributed by atoms with Gasteiger partial charge >= 0.3 is 0 Å². The van der Waals surface area contributed by atoms with Crippen molar-refractivity contribution in [3.63, 3.8) is 0 Å². The Kier molecular flexibility index (Phi) is 7.93. The summed E-state index contributed by atoms with van der Waals surface area (Å²) < 4.78 is 6.41. The van der Waals surface area contributed by atoms with Crippen LogP contribution in [0.2, 0.25) is 18.1 Å². The smallest absolute Gasteiger partial charge is 0.192 e. The number of halogens is 1. The zero-order valence-corrected chi connectivity index (χ0v) is 14.9. The van der Waals surface area contributed by atoms with Crippen molar-refractivity contribution in [2.75, 3.05) is 0 Å². The Balaban J connectivity index is 4.43. The van der Waals surface area contributed by atoms with E-state index in [1.165, 1.54) is 19.3 Å². The van der Waals surface area contributed by atoms with Crippen LogP contribution >= 0.6 is 15.9 Å². The fourth-order valence-corrected chi connectivity index (χ4v) is 3.07. The van der Waals surface area contributed by atoms with E-state index in [0.717, 1.165) is 6.42 Å². The topological polar surface area (TPSA) is 9.23 Å². The normalized spacial score (nSPS) is 15.5. The summed E-state index contributed by atoms with van der Waals surface area (Å²) in [5.74, 6) is 0. The van der Waals surface area contributed by atoms with E-state index >= 15 is 0 Å². The van der Waals surface area contributed by atoms with E-state index in [1.54, 1.807) is 0 Å². The van der Waals surface area contributed by atoms with Crippen molar-refractivity contribution in [1.82, 2.24) is 0 Å². The van der Waals surface area contributed by atoms with Crippen molar-refractivity contribution in [1.29, 1.82) is 0 Å². The zero-order chi connectivity index (χ0) is 13.5. The lowest BCUT2D eigenvalue weighted by atomic mass is 10.1. The third kappa shape index (κ3) is 6.78. The molecule has 0 amide bonds. The predicted molar refractivity (Wildman–Crippen MR) is 84.3 cm³/mol. The van der Waals surface area contributed by atoms with Gasteiger partial charge in [0.15, 0.2) is 8.32 Å². The van der Waals surface area contributed by atoms with E-state index in [9.17, 15) is 0 Å². The molecule has 102 valence electrons. The van der Waals surface area contributed by atoms with Gasteiger partial charge in [0, 0.05) is 0 Å².